The molecule has 7 nitrogen and oxygen atoms in total. The molecule has 0 saturated heterocycles. The van der Waals surface area contributed by atoms with Gasteiger partial charge in [0.25, 0.3) is 0 Å². The van der Waals surface area contributed by atoms with Crippen molar-refractivity contribution in [3.05, 3.63) is 30.1 Å². The number of halogens is 1. The van der Waals surface area contributed by atoms with Crippen molar-refractivity contribution >= 4 is 17.7 Å². The van der Waals surface area contributed by atoms with Crippen molar-refractivity contribution in [2.24, 2.45) is 0 Å². The topological polar surface area (TPSA) is 95.1 Å². The number of methoxy groups -OCH3 is 1. The summed E-state index contributed by atoms with van der Waals surface area (Å²) < 4.78 is 19.9. The number of aromatic nitrogens is 3. The highest BCUT2D eigenvalue weighted by molar-refractivity contribution is 8.00. The summed E-state index contributed by atoms with van der Waals surface area (Å²) >= 11 is 1.15. The molecule has 0 saturated carbocycles. The molecule has 0 unspecified atom stereocenters. The van der Waals surface area contributed by atoms with E-state index in [1.54, 1.807) is 32.2 Å². The Morgan fingerprint density at radius 1 is 1.48 bits per heavy atom. The first-order chi connectivity index (χ1) is 11.0. The fourth-order valence-corrected chi connectivity index (χ4v) is 2.61. The lowest BCUT2D eigenvalue weighted by molar-refractivity contribution is -0.120. The second-order valence-corrected chi connectivity index (χ2v) is 6.01. The monoisotopic (exact) mass is 339 g/mol. The molecule has 124 valence electrons. The minimum Gasteiger partial charge on any atom is -0.383 e. The predicted molar refractivity (Wildman–Crippen MR) is 85.8 cm³/mol. The van der Waals surface area contributed by atoms with Crippen molar-refractivity contribution in [1.29, 1.82) is 0 Å². The highest BCUT2D eigenvalue weighted by atomic mass is 32.2. The number of carbonyl (C=O) groups is 1. The van der Waals surface area contributed by atoms with E-state index in [-0.39, 0.29) is 17.3 Å². The van der Waals surface area contributed by atoms with Crippen LogP contribution in [0.4, 0.5) is 4.39 Å². The molecule has 0 aliphatic carbocycles. The van der Waals surface area contributed by atoms with Crippen molar-refractivity contribution < 1.29 is 13.9 Å². The number of rotatable bonds is 7. The summed E-state index contributed by atoms with van der Waals surface area (Å²) in [5.74, 6) is 5.53. The van der Waals surface area contributed by atoms with Gasteiger partial charge in [-0.3, -0.25) is 4.79 Å². The van der Waals surface area contributed by atoms with Gasteiger partial charge in [0.2, 0.25) is 11.1 Å². The maximum atomic E-state index is 13.8. The van der Waals surface area contributed by atoms with Crippen molar-refractivity contribution in [2.75, 3.05) is 26.1 Å². The van der Waals surface area contributed by atoms with E-state index in [9.17, 15) is 9.18 Å². The van der Waals surface area contributed by atoms with Gasteiger partial charge < -0.3 is 15.9 Å². The van der Waals surface area contributed by atoms with Gasteiger partial charge in [0, 0.05) is 13.7 Å². The van der Waals surface area contributed by atoms with Gasteiger partial charge in [0.05, 0.1) is 17.4 Å². The molecule has 1 heterocycles. The number of hydrogen-bond donors (Lipinski definition) is 2. The first kappa shape index (κ1) is 17.2. The average molecular weight is 339 g/mol. The largest absolute Gasteiger partial charge is 0.383 e. The Kier molecular flexibility index (Phi) is 5.94. The first-order valence-corrected chi connectivity index (χ1v) is 7.81. The summed E-state index contributed by atoms with van der Waals surface area (Å²) in [7, 11) is 1.56. The highest BCUT2D eigenvalue weighted by Gasteiger charge is 2.20. The van der Waals surface area contributed by atoms with E-state index in [2.05, 4.69) is 15.5 Å². The van der Waals surface area contributed by atoms with Crippen LogP contribution >= 0.6 is 11.8 Å². The minimum atomic E-state index is -0.437. The van der Waals surface area contributed by atoms with Gasteiger partial charge in [0.1, 0.15) is 5.82 Å². The number of nitrogen functional groups attached to an aromatic ring is 1. The molecule has 0 aliphatic heterocycles. The van der Waals surface area contributed by atoms with Crippen molar-refractivity contribution in [3.63, 3.8) is 0 Å². The van der Waals surface area contributed by atoms with Gasteiger partial charge in [-0.15, -0.1) is 10.2 Å². The molecule has 9 heteroatoms. The van der Waals surface area contributed by atoms with Crippen LogP contribution in [0.2, 0.25) is 0 Å². The van der Waals surface area contributed by atoms with E-state index < -0.39 is 11.1 Å². The Balaban J connectivity index is 2.08. The Morgan fingerprint density at radius 2 is 2.22 bits per heavy atom. The second-order valence-electron chi connectivity index (χ2n) is 4.70. The summed E-state index contributed by atoms with van der Waals surface area (Å²) in [5.41, 5.74) is 0.256. The number of hydrogen-bond acceptors (Lipinski definition) is 6. The van der Waals surface area contributed by atoms with E-state index in [1.165, 1.54) is 10.7 Å². The van der Waals surface area contributed by atoms with Crippen LogP contribution in [0.3, 0.4) is 0 Å². The van der Waals surface area contributed by atoms with Gasteiger partial charge >= 0.3 is 0 Å². The Hall–Kier alpha value is -2.13. The molecule has 2 rings (SSSR count). The minimum absolute atomic E-state index is 0.164. The Bertz CT molecular complexity index is 679. The molecule has 2 aromatic rings. The van der Waals surface area contributed by atoms with Crippen molar-refractivity contribution in [2.45, 2.75) is 17.3 Å². The quantitative estimate of drug-likeness (QED) is 0.445. The second kappa shape index (κ2) is 7.93. The standard InChI is InChI=1S/C14H18FN5O2S/c1-9(13(21)17-7-8-22-2)23-14-19-18-12(20(14)16)10-5-3-4-6-11(10)15/h3-6,9H,7-8,16H2,1-2H3,(H,17,21)/t9-/m1/s1. The number of amides is 1. The lowest BCUT2D eigenvalue weighted by Gasteiger charge is -2.11. The molecular formula is C14H18FN5O2S. The van der Waals surface area contributed by atoms with Crippen LogP contribution in [0, 0.1) is 5.82 Å². The number of benzene rings is 1. The lowest BCUT2D eigenvalue weighted by Crippen LogP contribution is -2.33. The van der Waals surface area contributed by atoms with Gasteiger partial charge in [-0.2, -0.15) is 0 Å². The number of nitrogens with zero attached hydrogens (tertiary/aromatic N) is 3. The molecule has 1 atom stereocenters. The number of carbonyl (C=O) groups excluding carboxylic acids is 1. The first-order valence-electron chi connectivity index (χ1n) is 6.93. The number of ether oxygens (including phenoxy) is 1. The number of nitrogens with one attached hydrogen (secondary N) is 1. The van der Waals surface area contributed by atoms with Gasteiger partial charge in [-0.1, -0.05) is 23.9 Å². The molecule has 0 fully saturated rings. The molecular weight excluding hydrogens is 321 g/mol. The Labute approximate surface area is 137 Å². The summed E-state index contributed by atoms with van der Waals surface area (Å²) in [5, 5.41) is 10.5. The summed E-state index contributed by atoms with van der Waals surface area (Å²) in [6, 6.07) is 6.16. The van der Waals surface area contributed by atoms with E-state index >= 15 is 0 Å². The molecule has 0 spiro atoms. The summed E-state index contributed by atoms with van der Waals surface area (Å²) in [4.78, 5) is 11.9. The maximum absolute atomic E-state index is 13.8. The van der Waals surface area contributed by atoms with Crippen molar-refractivity contribution in [1.82, 2.24) is 20.2 Å². The van der Waals surface area contributed by atoms with Gasteiger partial charge in [-0.25, -0.2) is 9.07 Å². The highest BCUT2D eigenvalue weighted by Crippen LogP contribution is 2.26. The lowest BCUT2D eigenvalue weighted by atomic mass is 10.2. The average Bonchev–Trinajstić information content (AvgIpc) is 2.89. The molecule has 1 amide bonds. The smallest absolute Gasteiger partial charge is 0.233 e. The van der Waals surface area contributed by atoms with Crippen LogP contribution in [-0.4, -0.2) is 46.3 Å². The molecule has 0 radical (unpaired) electrons. The van der Waals surface area contributed by atoms with Gasteiger partial charge in [0.15, 0.2) is 5.82 Å². The van der Waals surface area contributed by atoms with Crippen LogP contribution < -0.4 is 11.2 Å². The van der Waals surface area contributed by atoms with E-state index in [0.29, 0.717) is 18.3 Å². The van der Waals surface area contributed by atoms with Crippen LogP contribution in [0.1, 0.15) is 6.92 Å². The zero-order valence-electron chi connectivity index (χ0n) is 12.8. The molecule has 23 heavy (non-hydrogen) atoms. The number of thioether (sulfide) groups is 1. The fourth-order valence-electron chi connectivity index (χ4n) is 1.82. The zero-order chi connectivity index (χ0) is 16.8. The van der Waals surface area contributed by atoms with Crippen molar-refractivity contribution in [3.8, 4) is 11.4 Å². The molecule has 0 aliphatic rings. The molecule has 1 aromatic heterocycles. The maximum Gasteiger partial charge on any atom is 0.233 e. The third-order valence-electron chi connectivity index (χ3n) is 3.04. The molecule has 0 bridgehead atoms. The van der Waals surface area contributed by atoms with Crippen LogP contribution in [0.5, 0.6) is 0 Å². The summed E-state index contributed by atoms with van der Waals surface area (Å²) in [6.45, 7) is 2.59. The fraction of sp³-hybridized carbons (Fsp3) is 0.357. The van der Waals surface area contributed by atoms with Crippen LogP contribution in [0.15, 0.2) is 29.4 Å². The number of nitrogens with two attached hydrogens (primary N) is 1. The predicted octanol–water partition coefficient (Wildman–Crippen LogP) is 1.04. The van der Waals surface area contributed by atoms with Crippen LogP contribution in [0.25, 0.3) is 11.4 Å². The molecule has 3 N–H and O–H groups in total. The third kappa shape index (κ3) is 4.20. The third-order valence-corrected chi connectivity index (χ3v) is 4.09. The molecule has 1 aromatic carbocycles. The van der Waals surface area contributed by atoms with E-state index in [4.69, 9.17) is 10.6 Å². The zero-order valence-corrected chi connectivity index (χ0v) is 13.6. The van der Waals surface area contributed by atoms with E-state index in [1.807, 2.05) is 0 Å². The SMILES string of the molecule is COCCNC(=O)[C@@H](C)Sc1nnc(-c2ccccc2F)n1N. The summed E-state index contributed by atoms with van der Waals surface area (Å²) in [6.07, 6.45) is 0. The van der Waals surface area contributed by atoms with E-state index in [0.717, 1.165) is 11.8 Å². The normalized spacial score (nSPS) is 12.1. The van der Waals surface area contributed by atoms with Crippen LogP contribution in [-0.2, 0) is 9.53 Å². The van der Waals surface area contributed by atoms with Gasteiger partial charge in [-0.05, 0) is 19.1 Å². The Morgan fingerprint density at radius 3 is 2.91 bits per heavy atom.